The Bertz CT molecular complexity index is 831. The maximum atomic E-state index is 12.2. The number of anilines is 1. The molecule has 0 saturated heterocycles. The number of hydrogen-bond donors (Lipinski definition) is 1. The first-order valence-corrected chi connectivity index (χ1v) is 11.0. The summed E-state index contributed by atoms with van der Waals surface area (Å²) >= 11 is 4.18. The van der Waals surface area contributed by atoms with E-state index in [2.05, 4.69) is 39.3 Å². The van der Waals surface area contributed by atoms with Gasteiger partial charge in [-0.15, -0.1) is 22.0 Å². The van der Waals surface area contributed by atoms with Crippen LogP contribution in [-0.4, -0.2) is 51.5 Å². The minimum atomic E-state index is -0.330. The second-order valence-corrected chi connectivity index (χ2v) is 9.24. The SMILES string of the molecule is COCc1nnc(NC(=O)CSCC2=NC(=O)C3C=C(C(C)C)SC3=N2)s1. The highest BCUT2D eigenvalue weighted by Gasteiger charge is 2.34. The summed E-state index contributed by atoms with van der Waals surface area (Å²) in [6.07, 6.45) is 1.96. The number of nitrogens with zero attached hydrogens (tertiary/aromatic N) is 4. The van der Waals surface area contributed by atoms with Gasteiger partial charge in [0.25, 0.3) is 5.91 Å². The zero-order chi connectivity index (χ0) is 19.4. The molecule has 27 heavy (non-hydrogen) atoms. The smallest absolute Gasteiger partial charge is 0.261 e. The van der Waals surface area contributed by atoms with Crippen molar-refractivity contribution in [2.75, 3.05) is 23.9 Å². The molecule has 1 aromatic rings. The molecule has 0 saturated carbocycles. The fraction of sp³-hybridized carbons (Fsp3) is 0.500. The molecule has 0 aliphatic carbocycles. The average molecular weight is 426 g/mol. The molecule has 2 aliphatic rings. The monoisotopic (exact) mass is 425 g/mol. The van der Waals surface area contributed by atoms with Crippen LogP contribution in [-0.2, 0) is 20.9 Å². The van der Waals surface area contributed by atoms with Crippen molar-refractivity contribution in [2.24, 2.45) is 21.8 Å². The highest BCUT2D eigenvalue weighted by atomic mass is 32.2. The van der Waals surface area contributed by atoms with Gasteiger partial charge in [0.1, 0.15) is 23.4 Å². The van der Waals surface area contributed by atoms with Gasteiger partial charge in [-0.3, -0.25) is 14.9 Å². The van der Waals surface area contributed by atoms with Gasteiger partial charge in [0, 0.05) is 7.11 Å². The van der Waals surface area contributed by atoms with Gasteiger partial charge in [-0.1, -0.05) is 43.0 Å². The lowest BCUT2D eigenvalue weighted by Gasteiger charge is -2.12. The summed E-state index contributed by atoms with van der Waals surface area (Å²) < 4.78 is 4.97. The van der Waals surface area contributed by atoms with Crippen LogP contribution < -0.4 is 5.32 Å². The zero-order valence-electron chi connectivity index (χ0n) is 15.1. The first-order chi connectivity index (χ1) is 13.0. The molecule has 8 nitrogen and oxygen atoms in total. The Morgan fingerprint density at radius 3 is 2.93 bits per heavy atom. The van der Waals surface area contributed by atoms with E-state index in [4.69, 9.17) is 4.74 Å². The van der Waals surface area contributed by atoms with E-state index in [1.807, 2.05) is 6.08 Å². The maximum Gasteiger partial charge on any atom is 0.261 e. The minimum Gasteiger partial charge on any atom is -0.377 e. The fourth-order valence-electron chi connectivity index (χ4n) is 2.32. The van der Waals surface area contributed by atoms with Crippen molar-refractivity contribution in [2.45, 2.75) is 20.5 Å². The predicted molar refractivity (Wildman–Crippen MR) is 110 cm³/mol. The van der Waals surface area contributed by atoms with E-state index in [1.54, 1.807) is 18.9 Å². The molecule has 0 spiro atoms. The van der Waals surface area contributed by atoms with Gasteiger partial charge >= 0.3 is 0 Å². The number of rotatable bonds is 8. The standard InChI is InChI=1S/C16H19N5O3S3/c1-8(2)10-4-9-14(23)17-11(18-15(9)26-10)6-25-7-12(22)19-16-21-20-13(27-16)5-24-3/h4,8-9H,5-7H2,1-3H3,(H,19,21,22). The Morgan fingerprint density at radius 2 is 2.19 bits per heavy atom. The Labute approximate surface area is 169 Å². The Balaban J connectivity index is 1.47. The van der Waals surface area contributed by atoms with Gasteiger partial charge in [-0.2, -0.15) is 4.99 Å². The lowest BCUT2D eigenvalue weighted by atomic mass is 10.1. The third kappa shape index (κ3) is 5.24. The van der Waals surface area contributed by atoms with E-state index in [1.165, 1.54) is 23.1 Å². The molecule has 1 atom stereocenters. The first-order valence-electron chi connectivity index (χ1n) is 8.24. The highest BCUT2D eigenvalue weighted by Crippen LogP contribution is 2.38. The molecule has 2 amide bonds. The number of aliphatic imine (C=N–C) groups is 2. The number of methoxy groups -OCH3 is 1. The lowest BCUT2D eigenvalue weighted by molar-refractivity contribution is -0.118. The third-order valence-electron chi connectivity index (χ3n) is 3.58. The molecule has 3 rings (SSSR count). The lowest BCUT2D eigenvalue weighted by Crippen LogP contribution is -2.24. The summed E-state index contributed by atoms with van der Waals surface area (Å²) in [6, 6.07) is 0. The van der Waals surface area contributed by atoms with Gasteiger partial charge in [0.2, 0.25) is 11.0 Å². The molecule has 0 bridgehead atoms. The molecule has 144 valence electrons. The second-order valence-electron chi connectivity index (χ2n) is 6.09. The number of aromatic nitrogens is 2. The van der Waals surface area contributed by atoms with E-state index in [0.29, 0.717) is 34.3 Å². The number of allylic oxidation sites excluding steroid dienone is 1. The van der Waals surface area contributed by atoms with Crippen LogP contribution in [0.1, 0.15) is 18.9 Å². The highest BCUT2D eigenvalue weighted by molar-refractivity contribution is 8.17. The van der Waals surface area contributed by atoms with E-state index in [0.717, 1.165) is 9.95 Å². The van der Waals surface area contributed by atoms with Crippen molar-refractivity contribution in [3.63, 3.8) is 0 Å². The van der Waals surface area contributed by atoms with Crippen LogP contribution in [0.25, 0.3) is 0 Å². The molecular formula is C16H19N5O3S3. The third-order valence-corrected chi connectivity index (χ3v) is 6.72. The summed E-state index contributed by atoms with van der Waals surface area (Å²) in [5.41, 5.74) is 0. The van der Waals surface area contributed by atoms with Crippen molar-refractivity contribution in [3.8, 4) is 0 Å². The summed E-state index contributed by atoms with van der Waals surface area (Å²) in [5.74, 6) is 0.746. The molecule has 1 unspecified atom stereocenters. The topological polar surface area (TPSA) is 106 Å². The van der Waals surface area contributed by atoms with Gasteiger partial charge < -0.3 is 4.74 Å². The summed E-state index contributed by atoms with van der Waals surface area (Å²) in [7, 11) is 1.57. The van der Waals surface area contributed by atoms with Crippen LogP contribution in [0, 0.1) is 11.8 Å². The number of thioether (sulfide) groups is 2. The van der Waals surface area contributed by atoms with Crippen LogP contribution >= 0.6 is 34.9 Å². The quantitative estimate of drug-likeness (QED) is 0.682. The van der Waals surface area contributed by atoms with Crippen LogP contribution in [0.15, 0.2) is 21.0 Å². The summed E-state index contributed by atoms with van der Waals surface area (Å²) in [6.45, 7) is 4.55. The van der Waals surface area contributed by atoms with E-state index >= 15 is 0 Å². The molecule has 0 radical (unpaired) electrons. The zero-order valence-corrected chi connectivity index (χ0v) is 17.5. The second kappa shape index (κ2) is 9.09. The number of carbonyl (C=O) groups excluding carboxylic acids is 2. The van der Waals surface area contributed by atoms with Crippen molar-refractivity contribution in [1.82, 2.24) is 10.2 Å². The van der Waals surface area contributed by atoms with E-state index in [9.17, 15) is 9.59 Å². The number of hydrogen-bond acceptors (Lipinski definition) is 9. The first kappa shape index (κ1) is 20.2. The average Bonchev–Trinajstić information content (AvgIpc) is 3.22. The van der Waals surface area contributed by atoms with Crippen molar-refractivity contribution >= 4 is 62.7 Å². The van der Waals surface area contributed by atoms with Crippen LogP contribution in [0.4, 0.5) is 5.13 Å². The number of amides is 2. The van der Waals surface area contributed by atoms with E-state index in [-0.39, 0.29) is 23.5 Å². The van der Waals surface area contributed by atoms with Gasteiger partial charge in [0.15, 0.2) is 0 Å². The Hall–Kier alpha value is -1.56. The molecule has 3 heterocycles. The Morgan fingerprint density at radius 1 is 1.37 bits per heavy atom. The van der Waals surface area contributed by atoms with Crippen LogP contribution in [0.3, 0.4) is 0 Å². The summed E-state index contributed by atoms with van der Waals surface area (Å²) in [4.78, 5) is 33.9. The van der Waals surface area contributed by atoms with Gasteiger partial charge in [0.05, 0.1) is 16.5 Å². The summed E-state index contributed by atoms with van der Waals surface area (Å²) in [5, 5.41) is 12.4. The van der Waals surface area contributed by atoms with Crippen LogP contribution in [0.2, 0.25) is 0 Å². The molecular weight excluding hydrogens is 406 g/mol. The van der Waals surface area contributed by atoms with Crippen LogP contribution in [0.5, 0.6) is 0 Å². The molecule has 2 aliphatic heterocycles. The largest absolute Gasteiger partial charge is 0.377 e. The molecule has 0 aromatic carbocycles. The normalized spacial score (nSPS) is 18.9. The molecule has 0 fully saturated rings. The minimum absolute atomic E-state index is 0.178. The number of fused-ring (bicyclic) bond motifs is 1. The van der Waals surface area contributed by atoms with E-state index < -0.39 is 0 Å². The fourth-order valence-corrected chi connectivity index (χ4v) is 4.85. The van der Waals surface area contributed by atoms with Crippen molar-refractivity contribution < 1.29 is 14.3 Å². The maximum absolute atomic E-state index is 12.2. The Kier molecular flexibility index (Phi) is 6.79. The van der Waals surface area contributed by atoms with Crippen molar-refractivity contribution in [3.05, 3.63) is 16.0 Å². The number of carbonyl (C=O) groups is 2. The number of amidine groups is 1. The van der Waals surface area contributed by atoms with Gasteiger partial charge in [-0.25, -0.2) is 4.99 Å². The number of nitrogens with one attached hydrogen (secondary N) is 1. The molecule has 1 N–H and O–H groups in total. The molecule has 11 heteroatoms. The van der Waals surface area contributed by atoms with Gasteiger partial charge in [-0.05, 0) is 10.8 Å². The number of ether oxygens (including phenoxy) is 1. The predicted octanol–water partition coefficient (Wildman–Crippen LogP) is 2.60. The van der Waals surface area contributed by atoms with Crippen molar-refractivity contribution in [1.29, 1.82) is 0 Å². The molecule has 1 aromatic heterocycles.